The van der Waals surface area contributed by atoms with Crippen molar-refractivity contribution in [1.29, 1.82) is 0 Å². The molecule has 3 unspecified atom stereocenters. The van der Waals surface area contributed by atoms with E-state index in [4.69, 9.17) is 0 Å². The maximum atomic E-state index is 13.6. The lowest BCUT2D eigenvalue weighted by molar-refractivity contribution is -0.122. The number of hydrogen-bond donors (Lipinski definition) is 2. The summed E-state index contributed by atoms with van der Waals surface area (Å²) in [5.74, 6) is -2.04. The van der Waals surface area contributed by atoms with Gasteiger partial charge in [0.15, 0.2) is 0 Å². The lowest BCUT2D eigenvalue weighted by Crippen LogP contribution is -2.49. The van der Waals surface area contributed by atoms with Gasteiger partial charge in [-0.3, -0.25) is 14.5 Å². The van der Waals surface area contributed by atoms with Crippen LogP contribution in [-0.2, 0) is 20.8 Å². The smallest absolute Gasteiger partial charge is 0.245 e. The highest BCUT2D eigenvalue weighted by Crippen LogP contribution is 2.37. The van der Waals surface area contributed by atoms with Gasteiger partial charge in [-0.05, 0) is 41.8 Å². The molecule has 174 valence electrons. The zero-order valence-corrected chi connectivity index (χ0v) is 18.6. The highest BCUT2D eigenvalue weighted by molar-refractivity contribution is 6.04. The van der Waals surface area contributed by atoms with Crippen molar-refractivity contribution in [2.75, 3.05) is 23.8 Å². The third-order valence-electron chi connectivity index (χ3n) is 6.00. The van der Waals surface area contributed by atoms with E-state index in [1.54, 1.807) is 31.4 Å². The molecule has 0 spiro atoms. The fourth-order valence-electron chi connectivity index (χ4n) is 4.20. The first-order valence-electron chi connectivity index (χ1n) is 11.0. The van der Waals surface area contributed by atoms with Crippen LogP contribution in [0.5, 0.6) is 0 Å². The number of benzene rings is 2. The number of nitrogens with zero attached hydrogens (tertiary/aromatic N) is 2. The van der Waals surface area contributed by atoms with Crippen molar-refractivity contribution in [1.82, 2.24) is 10.3 Å². The number of hydrogen-bond acceptors (Lipinski definition) is 5. The predicted molar refractivity (Wildman–Crippen MR) is 127 cm³/mol. The van der Waals surface area contributed by atoms with Gasteiger partial charge in [0.1, 0.15) is 17.9 Å². The standard InChI is InChI=1S/C26H25FN4O3/c1-31(23-9-5-6-12-28-23)26(34)22(13-17-7-3-2-4-8-17)29-15-18(16-32)24-20-11-10-19(27)14-21(20)30-25(24)33/h2-12,14,16,18,22,24,29H,13,15H2,1H3,(H,30,33). The molecule has 2 amide bonds. The van der Waals surface area contributed by atoms with Gasteiger partial charge in [-0.2, -0.15) is 0 Å². The molecule has 0 saturated carbocycles. The Bertz CT molecular complexity index is 1170. The van der Waals surface area contributed by atoms with E-state index in [1.807, 2.05) is 30.3 Å². The fourth-order valence-corrected chi connectivity index (χ4v) is 4.20. The number of nitrogens with one attached hydrogen (secondary N) is 2. The molecule has 1 aliphatic heterocycles. The molecule has 1 aliphatic rings. The highest BCUT2D eigenvalue weighted by Gasteiger charge is 2.37. The van der Waals surface area contributed by atoms with Crippen LogP contribution in [0.1, 0.15) is 17.0 Å². The number of halogens is 1. The zero-order valence-electron chi connectivity index (χ0n) is 18.6. The SMILES string of the molecule is CN(C(=O)C(Cc1ccccc1)NCC(C=O)C1C(=O)Nc2cc(F)ccc21)c1ccccn1. The largest absolute Gasteiger partial charge is 0.325 e. The Kier molecular flexibility index (Phi) is 7.08. The van der Waals surface area contributed by atoms with Gasteiger partial charge in [0, 0.05) is 31.4 Å². The van der Waals surface area contributed by atoms with Gasteiger partial charge in [0.05, 0.1) is 12.0 Å². The summed E-state index contributed by atoms with van der Waals surface area (Å²) >= 11 is 0. The van der Waals surface area contributed by atoms with Crippen LogP contribution >= 0.6 is 0 Å². The van der Waals surface area contributed by atoms with E-state index < -0.39 is 23.7 Å². The van der Waals surface area contributed by atoms with Crippen LogP contribution in [0.3, 0.4) is 0 Å². The van der Waals surface area contributed by atoms with E-state index in [2.05, 4.69) is 15.6 Å². The molecule has 1 aromatic heterocycles. The average molecular weight is 461 g/mol. The Morgan fingerprint density at radius 3 is 2.65 bits per heavy atom. The minimum absolute atomic E-state index is 0.0949. The number of fused-ring (bicyclic) bond motifs is 1. The summed E-state index contributed by atoms with van der Waals surface area (Å²) in [7, 11) is 1.65. The van der Waals surface area contributed by atoms with Crippen molar-refractivity contribution in [2.45, 2.75) is 18.4 Å². The summed E-state index contributed by atoms with van der Waals surface area (Å²) in [5.41, 5.74) is 1.89. The third-order valence-corrected chi connectivity index (χ3v) is 6.00. The summed E-state index contributed by atoms with van der Waals surface area (Å²) in [5, 5.41) is 5.85. The molecule has 8 heteroatoms. The molecule has 3 aromatic rings. The first kappa shape index (κ1) is 23.3. The van der Waals surface area contributed by atoms with Crippen molar-refractivity contribution in [3.8, 4) is 0 Å². The molecule has 0 fully saturated rings. The summed E-state index contributed by atoms with van der Waals surface area (Å²) in [6.07, 6.45) is 2.71. The Morgan fingerprint density at radius 2 is 1.94 bits per heavy atom. The van der Waals surface area contributed by atoms with E-state index >= 15 is 0 Å². The summed E-state index contributed by atoms with van der Waals surface area (Å²) in [4.78, 5) is 43.7. The number of anilines is 2. The molecule has 0 aliphatic carbocycles. The topological polar surface area (TPSA) is 91.4 Å². The summed E-state index contributed by atoms with van der Waals surface area (Å²) in [6.45, 7) is 0.0949. The Labute approximate surface area is 197 Å². The van der Waals surface area contributed by atoms with Gasteiger partial charge >= 0.3 is 0 Å². The molecule has 0 bridgehead atoms. The van der Waals surface area contributed by atoms with Crippen LogP contribution in [0.25, 0.3) is 0 Å². The Morgan fingerprint density at radius 1 is 1.18 bits per heavy atom. The van der Waals surface area contributed by atoms with Gasteiger partial charge < -0.3 is 15.4 Å². The number of aldehydes is 1. The maximum Gasteiger partial charge on any atom is 0.245 e. The molecule has 2 N–H and O–H groups in total. The van der Waals surface area contributed by atoms with Crippen molar-refractivity contribution in [2.24, 2.45) is 5.92 Å². The second-order valence-corrected chi connectivity index (χ2v) is 8.23. The minimum Gasteiger partial charge on any atom is -0.325 e. The molecule has 34 heavy (non-hydrogen) atoms. The number of rotatable bonds is 9. The number of carbonyl (C=O) groups is 3. The van der Waals surface area contributed by atoms with Gasteiger partial charge in [-0.15, -0.1) is 0 Å². The molecular weight excluding hydrogens is 435 g/mol. The number of pyridine rings is 1. The molecule has 3 atom stereocenters. The number of aromatic nitrogens is 1. The minimum atomic E-state index is -0.762. The Balaban J connectivity index is 1.54. The lowest BCUT2D eigenvalue weighted by Gasteiger charge is -2.26. The molecule has 2 aromatic carbocycles. The molecule has 0 saturated heterocycles. The number of likely N-dealkylation sites (N-methyl/N-ethyl adjacent to an activating group) is 1. The van der Waals surface area contributed by atoms with E-state index in [0.717, 1.165) is 5.56 Å². The first-order valence-corrected chi connectivity index (χ1v) is 11.0. The van der Waals surface area contributed by atoms with Crippen molar-refractivity contribution < 1.29 is 18.8 Å². The number of carbonyl (C=O) groups excluding carboxylic acids is 3. The molecule has 7 nitrogen and oxygen atoms in total. The van der Waals surface area contributed by atoms with E-state index in [1.165, 1.54) is 23.1 Å². The molecular formula is C26H25FN4O3. The second-order valence-electron chi connectivity index (χ2n) is 8.23. The van der Waals surface area contributed by atoms with Crippen LogP contribution in [0.2, 0.25) is 0 Å². The quantitative estimate of drug-likeness (QED) is 0.479. The zero-order chi connectivity index (χ0) is 24.1. The van der Waals surface area contributed by atoms with E-state index in [-0.39, 0.29) is 18.4 Å². The second kappa shape index (κ2) is 10.4. The fraction of sp³-hybridized carbons (Fsp3) is 0.231. The van der Waals surface area contributed by atoms with Crippen LogP contribution in [0, 0.1) is 11.7 Å². The maximum absolute atomic E-state index is 13.6. The third kappa shape index (κ3) is 5.02. The summed E-state index contributed by atoms with van der Waals surface area (Å²) < 4.78 is 13.6. The van der Waals surface area contributed by atoms with Gasteiger partial charge in [0.25, 0.3) is 0 Å². The molecule has 4 rings (SSSR count). The highest BCUT2D eigenvalue weighted by atomic mass is 19.1. The van der Waals surface area contributed by atoms with E-state index in [0.29, 0.717) is 29.8 Å². The monoisotopic (exact) mass is 460 g/mol. The summed E-state index contributed by atoms with van der Waals surface area (Å²) in [6, 6.07) is 18.2. The van der Waals surface area contributed by atoms with Crippen molar-refractivity contribution >= 4 is 29.6 Å². The van der Waals surface area contributed by atoms with Crippen molar-refractivity contribution in [3.63, 3.8) is 0 Å². The normalized spacial score (nSPS) is 16.3. The van der Waals surface area contributed by atoms with Crippen molar-refractivity contribution in [3.05, 3.63) is 89.9 Å². The van der Waals surface area contributed by atoms with Crippen LogP contribution < -0.4 is 15.5 Å². The van der Waals surface area contributed by atoms with Crippen LogP contribution in [0.15, 0.2) is 72.9 Å². The van der Waals surface area contributed by atoms with Gasteiger partial charge in [0.2, 0.25) is 11.8 Å². The molecule has 0 radical (unpaired) electrons. The van der Waals surface area contributed by atoms with E-state index in [9.17, 15) is 18.8 Å². The van der Waals surface area contributed by atoms with Crippen LogP contribution in [-0.4, -0.2) is 42.7 Å². The number of amides is 2. The van der Waals surface area contributed by atoms with Gasteiger partial charge in [-0.25, -0.2) is 9.37 Å². The lowest BCUT2D eigenvalue weighted by atomic mass is 9.87. The first-order chi connectivity index (χ1) is 16.5. The Hall–Kier alpha value is -3.91. The van der Waals surface area contributed by atoms with Gasteiger partial charge in [-0.1, -0.05) is 42.5 Å². The average Bonchev–Trinajstić information content (AvgIpc) is 3.18. The predicted octanol–water partition coefficient (Wildman–Crippen LogP) is 2.94. The molecule has 2 heterocycles. The van der Waals surface area contributed by atoms with Crippen LogP contribution in [0.4, 0.5) is 15.9 Å².